The highest BCUT2D eigenvalue weighted by Crippen LogP contribution is 2.23. The van der Waals surface area contributed by atoms with Gasteiger partial charge in [-0.25, -0.2) is 0 Å². The molecule has 0 radical (unpaired) electrons. The van der Waals surface area contributed by atoms with Crippen molar-refractivity contribution in [3.63, 3.8) is 0 Å². The molecule has 1 aromatic carbocycles. The molecule has 0 spiro atoms. The van der Waals surface area contributed by atoms with Crippen LogP contribution in [0.1, 0.15) is 23.2 Å². The molecule has 1 atom stereocenters. The van der Waals surface area contributed by atoms with Gasteiger partial charge >= 0.3 is 0 Å². The van der Waals surface area contributed by atoms with Crippen LogP contribution in [0.2, 0.25) is 0 Å². The van der Waals surface area contributed by atoms with E-state index in [2.05, 4.69) is 28.5 Å². The Kier molecular flexibility index (Phi) is 5.08. The average Bonchev–Trinajstić information content (AvgIpc) is 2.88. The van der Waals surface area contributed by atoms with Crippen molar-refractivity contribution in [2.75, 3.05) is 0 Å². The van der Waals surface area contributed by atoms with Crippen LogP contribution in [0.3, 0.4) is 0 Å². The molecule has 2 amide bonds. The zero-order chi connectivity index (χ0) is 16.1. The van der Waals surface area contributed by atoms with Gasteiger partial charge in [-0.15, -0.1) is 0 Å². The monoisotopic (exact) mass is 326 g/mol. The number of aromatic nitrogens is 1. The fourth-order valence-corrected chi connectivity index (χ4v) is 3.46. The molecule has 23 heavy (non-hydrogen) atoms. The first kappa shape index (κ1) is 15.7. The number of carbonyl (C=O) groups excluding carboxylic acids is 2. The van der Waals surface area contributed by atoms with Gasteiger partial charge in [-0.1, -0.05) is 42.1 Å². The lowest BCUT2D eigenvalue weighted by Gasteiger charge is -2.07. The molecule has 0 saturated carbocycles. The molecule has 1 aliphatic rings. The summed E-state index contributed by atoms with van der Waals surface area (Å²) in [7, 11) is 0. The molecule has 118 valence electrons. The van der Waals surface area contributed by atoms with Gasteiger partial charge in [0.1, 0.15) is 0 Å². The van der Waals surface area contributed by atoms with Crippen LogP contribution in [0.4, 0.5) is 4.79 Å². The second-order valence-corrected chi connectivity index (χ2v) is 6.75. The Labute approximate surface area is 139 Å². The summed E-state index contributed by atoms with van der Waals surface area (Å²) in [4.78, 5) is 27.1. The number of hydrogen-bond acceptors (Lipinski definition) is 4. The maximum atomic E-state index is 11.6. The Balaban J connectivity index is 1.49. The number of nitrogens with one attached hydrogen (secondary N) is 1. The fourth-order valence-electron chi connectivity index (χ4n) is 2.60. The SMILES string of the molecule is O=C1NC(=O)C(Cc2ccc(CCCc3ccccn3)cc2)S1. The first-order valence-electron chi connectivity index (χ1n) is 7.70. The second kappa shape index (κ2) is 7.42. The van der Waals surface area contributed by atoms with Crippen molar-refractivity contribution in [3.05, 3.63) is 65.5 Å². The molecule has 2 aromatic rings. The summed E-state index contributed by atoms with van der Waals surface area (Å²) in [6, 6.07) is 14.3. The molecule has 2 heterocycles. The lowest BCUT2D eigenvalue weighted by molar-refractivity contribution is -0.118. The van der Waals surface area contributed by atoms with Crippen LogP contribution in [0.5, 0.6) is 0 Å². The van der Waals surface area contributed by atoms with Crippen LogP contribution in [-0.2, 0) is 24.1 Å². The third-order valence-electron chi connectivity index (χ3n) is 3.84. The molecule has 1 aromatic heterocycles. The Morgan fingerprint density at radius 3 is 2.43 bits per heavy atom. The van der Waals surface area contributed by atoms with E-state index in [1.165, 1.54) is 5.56 Å². The maximum Gasteiger partial charge on any atom is 0.286 e. The van der Waals surface area contributed by atoms with Gasteiger partial charge in [-0.2, -0.15) is 0 Å². The predicted molar refractivity (Wildman–Crippen MR) is 91.3 cm³/mol. The Bertz CT molecular complexity index is 686. The van der Waals surface area contributed by atoms with Gasteiger partial charge in [0.05, 0.1) is 5.25 Å². The molecule has 0 aliphatic carbocycles. The lowest BCUT2D eigenvalue weighted by atomic mass is 10.0. The van der Waals surface area contributed by atoms with Crippen molar-refractivity contribution in [1.82, 2.24) is 10.3 Å². The summed E-state index contributed by atoms with van der Waals surface area (Å²) in [6.07, 6.45) is 5.46. The van der Waals surface area contributed by atoms with E-state index in [0.29, 0.717) is 6.42 Å². The van der Waals surface area contributed by atoms with Gasteiger partial charge in [0.25, 0.3) is 5.24 Å². The van der Waals surface area contributed by atoms with E-state index in [9.17, 15) is 9.59 Å². The second-order valence-electron chi connectivity index (χ2n) is 5.58. The summed E-state index contributed by atoms with van der Waals surface area (Å²) < 4.78 is 0. The first-order valence-corrected chi connectivity index (χ1v) is 8.58. The summed E-state index contributed by atoms with van der Waals surface area (Å²) in [6.45, 7) is 0. The van der Waals surface area contributed by atoms with Crippen LogP contribution in [0, 0.1) is 0 Å². The van der Waals surface area contributed by atoms with Crippen molar-refractivity contribution in [2.45, 2.75) is 30.9 Å². The first-order chi connectivity index (χ1) is 11.2. The van der Waals surface area contributed by atoms with Crippen molar-refractivity contribution < 1.29 is 9.59 Å². The Morgan fingerprint density at radius 1 is 1.00 bits per heavy atom. The number of nitrogens with zero attached hydrogens (tertiary/aromatic N) is 1. The number of imide groups is 1. The van der Waals surface area contributed by atoms with Crippen molar-refractivity contribution in [2.24, 2.45) is 0 Å². The molecule has 1 unspecified atom stereocenters. The molecule has 4 nitrogen and oxygen atoms in total. The highest BCUT2D eigenvalue weighted by atomic mass is 32.2. The highest BCUT2D eigenvalue weighted by molar-refractivity contribution is 8.15. The lowest BCUT2D eigenvalue weighted by Crippen LogP contribution is -2.25. The predicted octanol–water partition coefficient (Wildman–Crippen LogP) is 3.15. The normalized spacial score (nSPS) is 17.3. The Hall–Kier alpha value is -2.14. The van der Waals surface area contributed by atoms with Crippen LogP contribution >= 0.6 is 11.8 Å². The summed E-state index contributed by atoms with van der Waals surface area (Å²) in [5, 5.41) is 1.78. The van der Waals surface area contributed by atoms with Crippen LogP contribution in [0.25, 0.3) is 0 Å². The van der Waals surface area contributed by atoms with Gasteiger partial charge in [0, 0.05) is 11.9 Å². The van der Waals surface area contributed by atoms with Gasteiger partial charge in [0.15, 0.2) is 0 Å². The van der Waals surface area contributed by atoms with Crippen molar-refractivity contribution >= 4 is 22.9 Å². The minimum absolute atomic E-state index is 0.181. The van der Waals surface area contributed by atoms with E-state index >= 15 is 0 Å². The highest BCUT2D eigenvalue weighted by Gasteiger charge is 2.31. The van der Waals surface area contributed by atoms with Crippen molar-refractivity contribution in [1.29, 1.82) is 0 Å². The van der Waals surface area contributed by atoms with E-state index in [1.54, 1.807) is 0 Å². The number of benzene rings is 1. The standard InChI is InChI=1S/C18H18N2O2S/c21-17-16(23-18(22)20-17)12-14-9-7-13(8-10-14)4-3-6-15-5-1-2-11-19-15/h1-2,5,7-11,16H,3-4,6,12H2,(H,20,21,22). The van der Waals surface area contributed by atoms with E-state index < -0.39 is 0 Å². The molecule has 1 aliphatic heterocycles. The van der Waals surface area contributed by atoms with Gasteiger partial charge in [-0.05, 0) is 48.9 Å². The van der Waals surface area contributed by atoms with Gasteiger partial charge in [0.2, 0.25) is 5.91 Å². The molecule has 1 fully saturated rings. The molecule has 5 heteroatoms. The summed E-state index contributed by atoms with van der Waals surface area (Å²) in [5.74, 6) is -0.181. The van der Waals surface area contributed by atoms with E-state index in [4.69, 9.17) is 0 Å². The van der Waals surface area contributed by atoms with E-state index in [-0.39, 0.29) is 16.4 Å². The number of thioether (sulfide) groups is 1. The quantitative estimate of drug-likeness (QED) is 0.886. The average molecular weight is 326 g/mol. The smallest absolute Gasteiger partial charge is 0.286 e. The van der Waals surface area contributed by atoms with Crippen molar-refractivity contribution in [3.8, 4) is 0 Å². The van der Waals surface area contributed by atoms with Gasteiger partial charge < -0.3 is 0 Å². The fraction of sp³-hybridized carbons (Fsp3) is 0.278. The van der Waals surface area contributed by atoms with Crippen LogP contribution in [0.15, 0.2) is 48.7 Å². The van der Waals surface area contributed by atoms with Crippen LogP contribution in [-0.4, -0.2) is 21.4 Å². The third-order valence-corrected chi connectivity index (χ3v) is 4.82. The topological polar surface area (TPSA) is 59.1 Å². The zero-order valence-corrected chi connectivity index (χ0v) is 13.5. The zero-order valence-electron chi connectivity index (χ0n) is 12.7. The molecule has 1 N–H and O–H groups in total. The minimum Gasteiger partial charge on any atom is -0.286 e. The van der Waals surface area contributed by atoms with E-state index in [0.717, 1.165) is 42.3 Å². The molecular weight excluding hydrogens is 308 g/mol. The number of carbonyl (C=O) groups is 2. The van der Waals surface area contributed by atoms with Gasteiger partial charge in [-0.3, -0.25) is 19.9 Å². The number of aryl methyl sites for hydroxylation is 2. The number of amides is 2. The molecule has 1 saturated heterocycles. The maximum absolute atomic E-state index is 11.6. The van der Waals surface area contributed by atoms with Crippen LogP contribution < -0.4 is 5.32 Å². The minimum atomic E-state index is -0.294. The Morgan fingerprint density at radius 2 is 1.78 bits per heavy atom. The molecule has 0 bridgehead atoms. The number of pyridine rings is 1. The summed E-state index contributed by atoms with van der Waals surface area (Å²) in [5.41, 5.74) is 3.49. The molecule has 3 rings (SSSR count). The molecular formula is C18H18N2O2S. The third kappa shape index (κ3) is 4.42. The summed E-state index contributed by atoms with van der Waals surface area (Å²) >= 11 is 1.08. The number of rotatable bonds is 6. The number of hydrogen-bond donors (Lipinski definition) is 1. The largest absolute Gasteiger partial charge is 0.286 e. The van der Waals surface area contributed by atoms with E-state index in [1.807, 2.05) is 30.5 Å².